The molecule has 29 heavy (non-hydrogen) atoms. The van der Waals surface area contributed by atoms with Crippen LogP contribution in [0.15, 0.2) is 66.4 Å². The van der Waals surface area contributed by atoms with Crippen LogP contribution in [0.2, 0.25) is 0 Å². The molecule has 1 amide bonds. The molecular weight excluding hydrogens is 365 g/mol. The van der Waals surface area contributed by atoms with Gasteiger partial charge in [0.15, 0.2) is 0 Å². The molecule has 5 heteroatoms. The number of halogens is 1. The van der Waals surface area contributed by atoms with Crippen LogP contribution in [0.25, 0.3) is 10.9 Å². The first-order valence-corrected chi connectivity index (χ1v) is 10.2. The fourth-order valence-corrected chi connectivity index (χ4v) is 4.07. The van der Waals surface area contributed by atoms with E-state index in [1.807, 2.05) is 48.2 Å². The van der Waals surface area contributed by atoms with Gasteiger partial charge in [-0.25, -0.2) is 4.39 Å². The summed E-state index contributed by atoms with van der Waals surface area (Å²) in [6, 6.07) is 16.7. The average molecular weight is 391 g/mol. The molecule has 3 aromatic rings. The van der Waals surface area contributed by atoms with Gasteiger partial charge in [0.25, 0.3) is 5.91 Å². The fourth-order valence-electron chi connectivity index (χ4n) is 4.07. The van der Waals surface area contributed by atoms with Crippen LogP contribution in [0.1, 0.15) is 42.2 Å². The van der Waals surface area contributed by atoms with Crippen LogP contribution in [-0.2, 0) is 6.54 Å². The minimum atomic E-state index is -0.221. The summed E-state index contributed by atoms with van der Waals surface area (Å²) in [6.07, 6.45) is 4.85. The predicted molar refractivity (Wildman–Crippen MR) is 114 cm³/mol. The molecule has 1 aliphatic rings. The van der Waals surface area contributed by atoms with Crippen molar-refractivity contribution in [3.63, 3.8) is 0 Å². The first-order chi connectivity index (χ1) is 14.1. The molecule has 0 radical (unpaired) electrons. The van der Waals surface area contributed by atoms with Gasteiger partial charge in [-0.05, 0) is 49.6 Å². The van der Waals surface area contributed by atoms with Crippen molar-refractivity contribution in [2.24, 2.45) is 0 Å². The Kier molecular flexibility index (Phi) is 5.65. The van der Waals surface area contributed by atoms with E-state index in [-0.39, 0.29) is 17.8 Å². The molecule has 4 nitrogen and oxygen atoms in total. The van der Waals surface area contributed by atoms with Gasteiger partial charge in [-0.1, -0.05) is 36.4 Å². The summed E-state index contributed by atoms with van der Waals surface area (Å²) in [5.74, 6) is -0.180. The first kappa shape index (κ1) is 19.2. The normalized spacial score (nSPS) is 16.5. The quantitative estimate of drug-likeness (QED) is 0.622. The number of aromatic nitrogens is 1. The van der Waals surface area contributed by atoms with Gasteiger partial charge in [0.2, 0.25) is 0 Å². The van der Waals surface area contributed by atoms with Crippen molar-refractivity contribution in [3.8, 4) is 0 Å². The minimum Gasteiger partial charge on any atom is -0.384 e. The Bertz CT molecular complexity index is 1010. The molecule has 2 N–H and O–H groups in total. The Labute approximate surface area is 170 Å². The SMILES string of the molecule is CCN(C(=O)c1cc2ccccc2[nH]1)C1CCC=C(NCc2cccc(F)c2)C1. The predicted octanol–water partition coefficient (Wildman–Crippen LogP) is 5.00. The second-order valence-electron chi connectivity index (χ2n) is 7.51. The number of benzene rings is 2. The van der Waals surface area contributed by atoms with E-state index in [9.17, 15) is 9.18 Å². The van der Waals surface area contributed by atoms with Gasteiger partial charge in [0, 0.05) is 42.2 Å². The third-order valence-corrected chi connectivity index (χ3v) is 5.56. The summed E-state index contributed by atoms with van der Waals surface area (Å²) in [5.41, 5.74) is 3.65. The van der Waals surface area contributed by atoms with Crippen molar-refractivity contribution in [2.75, 3.05) is 6.54 Å². The van der Waals surface area contributed by atoms with Crippen LogP contribution in [0.4, 0.5) is 4.39 Å². The van der Waals surface area contributed by atoms with Gasteiger partial charge >= 0.3 is 0 Å². The van der Waals surface area contributed by atoms with Crippen LogP contribution >= 0.6 is 0 Å². The first-order valence-electron chi connectivity index (χ1n) is 10.2. The summed E-state index contributed by atoms with van der Waals surface area (Å²) >= 11 is 0. The van der Waals surface area contributed by atoms with Crippen LogP contribution in [0.3, 0.4) is 0 Å². The van der Waals surface area contributed by atoms with E-state index in [4.69, 9.17) is 0 Å². The van der Waals surface area contributed by atoms with E-state index in [0.717, 1.165) is 41.4 Å². The van der Waals surface area contributed by atoms with Crippen molar-refractivity contribution < 1.29 is 9.18 Å². The van der Waals surface area contributed by atoms with Crippen LogP contribution in [0, 0.1) is 5.82 Å². The number of carbonyl (C=O) groups is 1. The number of rotatable bonds is 6. The Morgan fingerprint density at radius 1 is 1.21 bits per heavy atom. The third kappa shape index (κ3) is 4.34. The van der Waals surface area contributed by atoms with Crippen molar-refractivity contribution in [2.45, 2.75) is 38.8 Å². The van der Waals surface area contributed by atoms with Crippen LogP contribution in [0.5, 0.6) is 0 Å². The van der Waals surface area contributed by atoms with Gasteiger partial charge in [0.1, 0.15) is 11.5 Å². The van der Waals surface area contributed by atoms with Crippen molar-refractivity contribution in [1.82, 2.24) is 15.2 Å². The number of carbonyl (C=O) groups excluding carboxylic acids is 1. The molecule has 0 bridgehead atoms. The number of para-hydroxylation sites is 1. The Hall–Kier alpha value is -3.08. The smallest absolute Gasteiger partial charge is 0.270 e. The molecule has 1 atom stereocenters. The van der Waals surface area contributed by atoms with E-state index < -0.39 is 0 Å². The molecule has 2 aromatic carbocycles. The second-order valence-corrected chi connectivity index (χ2v) is 7.51. The zero-order valence-corrected chi connectivity index (χ0v) is 16.6. The van der Waals surface area contributed by atoms with Gasteiger partial charge in [-0.3, -0.25) is 4.79 Å². The maximum atomic E-state index is 13.4. The zero-order chi connectivity index (χ0) is 20.2. The van der Waals surface area contributed by atoms with E-state index in [0.29, 0.717) is 18.8 Å². The van der Waals surface area contributed by atoms with E-state index in [2.05, 4.69) is 16.4 Å². The summed E-state index contributed by atoms with van der Waals surface area (Å²) in [7, 11) is 0. The number of fused-ring (bicyclic) bond motifs is 1. The maximum Gasteiger partial charge on any atom is 0.270 e. The lowest BCUT2D eigenvalue weighted by molar-refractivity contribution is 0.0669. The summed E-state index contributed by atoms with van der Waals surface area (Å²) < 4.78 is 13.4. The third-order valence-electron chi connectivity index (χ3n) is 5.56. The van der Waals surface area contributed by atoms with Crippen molar-refractivity contribution in [3.05, 3.63) is 83.4 Å². The fraction of sp³-hybridized carbons (Fsp3) is 0.292. The molecule has 0 aliphatic heterocycles. The number of amides is 1. The molecule has 0 saturated heterocycles. The zero-order valence-electron chi connectivity index (χ0n) is 16.6. The molecule has 4 rings (SSSR count). The number of hydrogen-bond acceptors (Lipinski definition) is 2. The molecule has 0 saturated carbocycles. The van der Waals surface area contributed by atoms with E-state index >= 15 is 0 Å². The summed E-state index contributed by atoms with van der Waals surface area (Å²) in [4.78, 5) is 18.4. The number of aromatic amines is 1. The molecule has 1 aromatic heterocycles. The lowest BCUT2D eigenvalue weighted by Crippen LogP contribution is -2.42. The van der Waals surface area contributed by atoms with Crippen molar-refractivity contribution >= 4 is 16.8 Å². The van der Waals surface area contributed by atoms with Gasteiger partial charge in [0.05, 0.1) is 0 Å². The Balaban J connectivity index is 1.43. The Morgan fingerprint density at radius 2 is 2.07 bits per heavy atom. The largest absolute Gasteiger partial charge is 0.384 e. The average Bonchev–Trinajstić information content (AvgIpc) is 3.17. The van der Waals surface area contributed by atoms with E-state index in [1.54, 1.807) is 12.1 Å². The molecule has 0 fully saturated rings. The number of nitrogens with zero attached hydrogens (tertiary/aromatic N) is 1. The monoisotopic (exact) mass is 391 g/mol. The molecule has 0 spiro atoms. The minimum absolute atomic E-state index is 0.0417. The van der Waals surface area contributed by atoms with Crippen molar-refractivity contribution in [1.29, 1.82) is 0 Å². The van der Waals surface area contributed by atoms with Gasteiger partial charge < -0.3 is 15.2 Å². The van der Waals surface area contributed by atoms with Crippen LogP contribution < -0.4 is 5.32 Å². The summed E-state index contributed by atoms with van der Waals surface area (Å²) in [6.45, 7) is 3.27. The van der Waals surface area contributed by atoms with E-state index in [1.165, 1.54) is 6.07 Å². The highest BCUT2D eigenvalue weighted by Crippen LogP contribution is 2.24. The topological polar surface area (TPSA) is 48.1 Å². The van der Waals surface area contributed by atoms with Crippen LogP contribution in [-0.4, -0.2) is 28.4 Å². The number of hydrogen-bond donors (Lipinski definition) is 2. The molecule has 1 heterocycles. The standard InChI is InChI=1S/C24H26FN3O/c1-2-28(24(29)23-14-18-8-3-4-12-22(18)27-23)21-11-6-10-20(15-21)26-16-17-7-5-9-19(25)13-17/h3-5,7-10,12-14,21,26-27H,2,6,11,15-16H2,1H3. The highest BCUT2D eigenvalue weighted by molar-refractivity contribution is 5.98. The van der Waals surface area contributed by atoms with Gasteiger partial charge in [-0.2, -0.15) is 0 Å². The molecule has 1 unspecified atom stereocenters. The second kappa shape index (κ2) is 8.52. The molecular formula is C24H26FN3O. The maximum absolute atomic E-state index is 13.4. The number of nitrogens with one attached hydrogen (secondary N) is 2. The summed E-state index contributed by atoms with van der Waals surface area (Å²) in [5, 5.41) is 4.47. The molecule has 150 valence electrons. The highest BCUT2D eigenvalue weighted by atomic mass is 19.1. The lowest BCUT2D eigenvalue weighted by atomic mass is 9.96. The number of H-pyrrole nitrogens is 1. The molecule has 1 aliphatic carbocycles. The highest BCUT2D eigenvalue weighted by Gasteiger charge is 2.27. The number of allylic oxidation sites excluding steroid dienone is 1. The lowest BCUT2D eigenvalue weighted by Gasteiger charge is -2.34. The Morgan fingerprint density at radius 3 is 2.86 bits per heavy atom. The van der Waals surface area contributed by atoms with Gasteiger partial charge in [-0.15, -0.1) is 0 Å².